The van der Waals surface area contributed by atoms with Gasteiger partial charge in [0.15, 0.2) is 5.82 Å². The van der Waals surface area contributed by atoms with Crippen LogP contribution in [0.3, 0.4) is 0 Å². The van der Waals surface area contributed by atoms with Gasteiger partial charge in [-0.2, -0.15) is 24.5 Å². The Hall–Kier alpha value is -9.61. The van der Waals surface area contributed by atoms with E-state index in [-0.39, 0.29) is 46.5 Å². The number of hydrogen-bond donors (Lipinski definition) is 1. The second-order valence-electron chi connectivity index (χ2n) is 28.7. The molecule has 100 heavy (non-hydrogen) atoms. The number of nitrogens with zero attached hydrogens (tertiary/aromatic N) is 12. The molecule has 3 aliphatic rings. The number of halogens is 1. The first kappa shape index (κ1) is 74.6. The third kappa shape index (κ3) is 19.6. The molecule has 1 N–H and O–H groups in total. The van der Waals surface area contributed by atoms with E-state index in [1.54, 1.807) is 148 Å². The van der Waals surface area contributed by atoms with Crippen molar-refractivity contribution < 1.29 is 66.5 Å². The van der Waals surface area contributed by atoms with Crippen LogP contribution in [0.15, 0.2) is 122 Å². The number of rotatable bonds is 9. The quantitative estimate of drug-likeness (QED) is 0.0798. The Labute approximate surface area is 586 Å². The number of anilines is 5. The van der Waals surface area contributed by atoms with Crippen LogP contribution in [0.1, 0.15) is 116 Å². The van der Waals surface area contributed by atoms with E-state index >= 15 is 0 Å². The molecule has 3 saturated heterocycles. The van der Waals surface area contributed by atoms with E-state index < -0.39 is 53.9 Å². The number of carbonyl (C=O) groups is 6. The van der Waals surface area contributed by atoms with Gasteiger partial charge in [-0.05, 0) is 194 Å². The number of fused-ring (bicyclic) bond motifs is 2. The van der Waals surface area contributed by atoms with E-state index in [0.717, 1.165) is 16.7 Å². The first-order valence-corrected chi connectivity index (χ1v) is 33.1. The highest BCUT2D eigenvalue weighted by molar-refractivity contribution is 6.62. The van der Waals surface area contributed by atoms with E-state index in [0.29, 0.717) is 97.2 Å². The summed E-state index contributed by atoms with van der Waals surface area (Å²) in [5.41, 5.74) is 1.50. The van der Waals surface area contributed by atoms with Gasteiger partial charge in [0.2, 0.25) is 11.2 Å². The van der Waals surface area contributed by atoms with Gasteiger partial charge in [0.1, 0.15) is 34.0 Å². The zero-order valence-electron chi connectivity index (χ0n) is 59.4. The lowest BCUT2D eigenvalue weighted by molar-refractivity contribution is -0.134. The molecule has 7 heterocycles. The van der Waals surface area contributed by atoms with Crippen LogP contribution in [0, 0.1) is 0 Å². The van der Waals surface area contributed by atoms with E-state index in [1.807, 2.05) is 76.2 Å². The van der Waals surface area contributed by atoms with Crippen molar-refractivity contribution in [1.82, 2.24) is 49.3 Å². The molecule has 0 spiro atoms. The van der Waals surface area contributed by atoms with Crippen LogP contribution < -0.4 is 20.6 Å². The molecule has 4 aromatic heterocycles. The van der Waals surface area contributed by atoms with Gasteiger partial charge in [0, 0.05) is 66.7 Å². The first-order valence-electron chi connectivity index (χ1n) is 32.7. The number of carbonyl (C=O) groups excluding carboxylic acids is 6. The number of morpholine rings is 2. The van der Waals surface area contributed by atoms with E-state index in [1.165, 1.54) is 37.8 Å². The van der Waals surface area contributed by atoms with Crippen LogP contribution in [0.25, 0.3) is 33.2 Å². The molecule has 0 aliphatic carbocycles. The minimum absolute atomic E-state index is 0.00937. The number of urea groups is 1. The normalized spacial score (nSPS) is 15.3. The number of nitrogens with one attached hydrogen (secondary N) is 1. The van der Waals surface area contributed by atoms with Crippen LogP contribution in [-0.4, -0.2) is 179 Å². The van der Waals surface area contributed by atoms with Crippen molar-refractivity contribution in [2.75, 3.05) is 67.7 Å². The van der Waals surface area contributed by atoms with E-state index in [4.69, 9.17) is 54.3 Å². The van der Waals surface area contributed by atoms with Gasteiger partial charge in [0.25, 0.3) is 0 Å². The van der Waals surface area contributed by atoms with Gasteiger partial charge in [-0.15, -0.1) is 0 Å². The summed E-state index contributed by atoms with van der Waals surface area (Å²) in [5.74, 6) is 0.934. The Kier molecular flexibility index (Phi) is 22.7. The van der Waals surface area contributed by atoms with E-state index in [2.05, 4.69) is 30.5 Å². The molecule has 8 aromatic rings. The fourth-order valence-corrected chi connectivity index (χ4v) is 10.3. The first-order chi connectivity index (χ1) is 46.9. The topological polar surface area (TPSA) is 288 Å². The highest BCUT2D eigenvalue weighted by Crippen LogP contribution is 2.37. The highest BCUT2D eigenvalue weighted by Gasteiger charge is 2.52. The predicted molar refractivity (Wildman–Crippen MR) is 379 cm³/mol. The lowest BCUT2D eigenvalue weighted by Crippen LogP contribution is -2.43. The van der Waals surface area contributed by atoms with Crippen LogP contribution in [0.5, 0.6) is 0 Å². The summed E-state index contributed by atoms with van der Waals surface area (Å²) in [6.45, 7) is 34.1. The van der Waals surface area contributed by atoms with E-state index in [9.17, 15) is 28.8 Å². The highest BCUT2D eigenvalue weighted by atomic mass is 35.5. The third-order valence-corrected chi connectivity index (χ3v) is 15.7. The van der Waals surface area contributed by atoms with Gasteiger partial charge in [-0.1, -0.05) is 30.3 Å². The number of benzene rings is 4. The number of hydrogen-bond acceptors (Lipinski definition) is 20. The maximum Gasteiger partial charge on any atom is 0.494 e. The summed E-state index contributed by atoms with van der Waals surface area (Å²) >= 11 is 5.93. The third-order valence-electron chi connectivity index (χ3n) is 15.5. The molecular formula is C71H87BClN13O14. The van der Waals surface area contributed by atoms with Gasteiger partial charge < -0.3 is 52.8 Å². The standard InChI is InChI=1S/C33H38N6O6.C21H24ClN5O4.C17H25BN2O4/c1-32(2,3)44-30(41)38(25-10-11-26-24(20-25)21-35-39(26)31(42)45-33(4,5)6)27-12-13-34-29(36-27)23-9-7-8-22(18-23)19-28(40)37-14-16-43-17-15-37;1-20(2,3)30-18(28)26(16-9-10-23-17(22)25-16)14-7-8-15-13(11-14)12-24-27(15)19(29)31-21(4,5)6;1-16(2)17(3,4)24-18(23-16)13-6-5-7-14(12-13)19-15(21)20-8-10-22-11-9-20/h7-13,18,20-21H,14-17,19H2,1-6H3;7-12H,1-6H3;5-7,12H,8-11H2,1-4H3,(H,19,21). The second kappa shape index (κ2) is 30.5. The van der Waals surface area contributed by atoms with Crippen molar-refractivity contribution in [3.8, 4) is 11.4 Å². The molecule has 29 heteroatoms. The summed E-state index contributed by atoms with van der Waals surface area (Å²) in [6.07, 6.45) is 3.83. The largest absolute Gasteiger partial charge is 0.494 e. The molecule has 3 fully saturated rings. The fraction of sp³-hybridized carbons (Fsp3) is 0.437. The van der Waals surface area contributed by atoms with Gasteiger partial charge in [-0.25, -0.2) is 48.7 Å². The molecule has 530 valence electrons. The molecular weight excluding hydrogens is 1310 g/mol. The van der Waals surface area contributed by atoms with Crippen molar-refractivity contribution in [2.24, 2.45) is 0 Å². The zero-order chi connectivity index (χ0) is 72.7. The molecule has 5 amide bonds. The predicted octanol–water partition coefficient (Wildman–Crippen LogP) is 12.9. The Bertz CT molecular complexity index is 4260. The number of aromatic nitrogens is 8. The van der Waals surface area contributed by atoms with Crippen molar-refractivity contribution in [2.45, 2.75) is 151 Å². The monoisotopic (exact) mass is 1390 g/mol. The van der Waals surface area contributed by atoms with Crippen LogP contribution in [0.4, 0.5) is 52.7 Å². The van der Waals surface area contributed by atoms with Gasteiger partial charge >= 0.3 is 37.5 Å². The molecule has 11 rings (SSSR count). The average Bonchev–Trinajstić information content (AvgIpc) is 1.48. The Morgan fingerprint density at radius 1 is 0.560 bits per heavy atom. The molecule has 4 aromatic carbocycles. The summed E-state index contributed by atoms with van der Waals surface area (Å²) in [5, 5.41) is 12.5. The molecule has 0 bridgehead atoms. The number of ether oxygens (including phenoxy) is 6. The summed E-state index contributed by atoms with van der Waals surface area (Å²) in [7, 11) is -0.435. The Balaban J connectivity index is 0.000000185. The Morgan fingerprint density at radius 2 is 1.03 bits per heavy atom. The summed E-state index contributed by atoms with van der Waals surface area (Å²) in [6, 6.07) is 28.3. The van der Waals surface area contributed by atoms with Crippen LogP contribution in [0.2, 0.25) is 5.28 Å². The number of amides is 5. The molecule has 0 radical (unpaired) electrons. The van der Waals surface area contributed by atoms with Crippen molar-refractivity contribution in [1.29, 1.82) is 0 Å². The zero-order valence-corrected chi connectivity index (χ0v) is 60.2. The van der Waals surface area contributed by atoms with Crippen LogP contribution in [-0.2, 0) is 48.9 Å². The summed E-state index contributed by atoms with van der Waals surface area (Å²) < 4.78 is 47.3. The lowest BCUT2D eigenvalue weighted by Gasteiger charge is -2.32. The fourth-order valence-electron chi connectivity index (χ4n) is 10.2. The minimum Gasteiger partial charge on any atom is -0.443 e. The van der Waals surface area contributed by atoms with Crippen molar-refractivity contribution in [3.63, 3.8) is 0 Å². The summed E-state index contributed by atoms with van der Waals surface area (Å²) in [4.78, 5) is 100. The molecule has 27 nitrogen and oxygen atoms in total. The second-order valence-corrected chi connectivity index (χ2v) is 29.1. The van der Waals surface area contributed by atoms with Crippen molar-refractivity contribution >= 4 is 111 Å². The SMILES string of the molecule is CC(C)(C)OC(=O)N(c1ccc2c(cnn2C(=O)OC(C)(C)C)c1)c1ccnc(-c2cccc(CC(=O)N3CCOCC3)c2)n1.CC(C)(C)OC(=O)N(c1ccc2c(cnn2C(=O)OC(C)(C)C)c1)c1ccnc(Cl)n1.CC1(C)OB(c2cccc(NC(=O)N3CCOCC3)c2)OC1(C)C. The smallest absolute Gasteiger partial charge is 0.443 e. The maximum absolute atomic E-state index is 13.6. The van der Waals surface area contributed by atoms with Crippen LogP contribution >= 0.6 is 11.6 Å². The lowest BCUT2D eigenvalue weighted by atomic mass is 9.79. The average molecular weight is 1390 g/mol. The molecule has 0 atom stereocenters. The minimum atomic E-state index is -0.780. The maximum atomic E-state index is 13.6. The van der Waals surface area contributed by atoms with Crippen molar-refractivity contribution in [3.05, 3.63) is 133 Å². The van der Waals surface area contributed by atoms with Gasteiger partial charge in [0.05, 0.1) is 78.9 Å². The Morgan fingerprint density at radius 3 is 1.52 bits per heavy atom. The molecule has 0 unspecified atom stereocenters. The molecule has 0 saturated carbocycles. The van der Waals surface area contributed by atoms with Gasteiger partial charge in [-0.3, -0.25) is 4.79 Å². The molecule has 3 aliphatic heterocycles.